The van der Waals surface area contributed by atoms with E-state index in [2.05, 4.69) is 29.4 Å². The number of benzene rings is 1. The third kappa shape index (κ3) is 2.58. The van der Waals surface area contributed by atoms with Gasteiger partial charge in [0.2, 0.25) is 0 Å². The molecule has 20 heavy (non-hydrogen) atoms. The lowest BCUT2D eigenvalue weighted by Gasteiger charge is -2.15. The SMILES string of the molecule is CCCNC(c1ccccn1)c1cc2ccccc2o1. The average molecular weight is 266 g/mol. The molecule has 1 N–H and O–H groups in total. The van der Waals surface area contributed by atoms with Crippen molar-refractivity contribution >= 4 is 11.0 Å². The Hall–Kier alpha value is -2.13. The number of furan rings is 1. The van der Waals surface area contributed by atoms with Gasteiger partial charge in [0, 0.05) is 11.6 Å². The highest BCUT2D eigenvalue weighted by Crippen LogP contribution is 2.27. The number of fused-ring (bicyclic) bond motifs is 1. The van der Waals surface area contributed by atoms with Gasteiger partial charge in [0.15, 0.2) is 0 Å². The summed E-state index contributed by atoms with van der Waals surface area (Å²) in [6, 6.07) is 16.1. The Bertz CT molecular complexity index is 643. The Labute approximate surface area is 118 Å². The highest BCUT2D eigenvalue weighted by Gasteiger charge is 2.18. The van der Waals surface area contributed by atoms with Crippen LogP contribution in [0.1, 0.15) is 30.8 Å². The predicted molar refractivity (Wildman–Crippen MR) is 80.6 cm³/mol. The van der Waals surface area contributed by atoms with Crippen molar-refractivity contribution in [2.75, 3.05) is 6.54 Å². The first-order valence-corrected chi connectivity index (χ1v) is 7.01. The van der Waals surface area contributed by atoms with Gasteiger partial charge in [-0.05, 0) is 37.2 Å². The molecular weight excluding hydrogens is 248 g/mol. The molecule has 3 nitrogen and oxygen atoms in total. The lowest BCUT2D eigenvalue weighted by atomic mass is 10.1. The van der Waals surface area contributed by atoms with Gasteiger partial charge in [0.1, 0.15) is 17.4 Å². The molecular formula is C17H18N2O. The molecule has 3 aromatic rings. The summed E-state index contributed by atoms with van der Waals surface area (Å²) in [6.07, 6.45) is 2.89. The third-order valence-electron chi connectivity index (χ3n) is 3.31. The maximum absolute atomic E-state index is 5.98. The van der Waals surface area contributed by atoms with Crippen LogP contribution in [0.4, 0.5) is 0 Å². The van der Waals surface area contributed by atoms with Crippen LogP contribution in [0.5, 0.6) is 0 Å². The normalized spacial score (nSPS) is 12.7. The molecule has 2 aromatic heterocycles. The molecule has 1 aromatic carbocycles. The summed E-state index contributed by atoms with van der Waals surface area (Å²) in [5.74, 6) is 0.915. The maximum Gasteiger partial charge on any atom is 0.134 e. The molecule has 0 saturated heterocycles. The summed E-state index contributed by atoms with van der Waals surface area (Å²) in [5, 5.41) is 4.63. The van der Waals surface area contributed by atoms with Crippen LogP contribution in [0.2, 0.25) is 0 Å². The molecule has 0 saturated carbocycles. The summed E-state index contributed by atoms with van der Waals surface area (Å²) >= 11 is 0. The van der Waals surface area contributed by atoms with Gasteiger partial charge in [0.25, 0.3) is 0 Å². The molecule has 1 unspecified atom stereocenters. The van der Waals surface area contributed by atoms with Crippen molar-refractivity contribution in [3.63, 3.8) is 0 Å². The molecule has 0 bridgehead atoms. The van der Waals surface area contributed by atoms with Gasteiger partial charge >= 0.3 is 0 Å². The minimum atomic E-state index is 0.00329. The minimum absolute atomic E-state index is 0.00329. The number of aromatic nitrogens is 1. The zero-order valence-corrected chi connectivity index (χ0v) is 11.5. The number of para-hydroxylation sites is 1. The average Bonchev–Trinajstić information content (AvgIpc) is 2.92. The second kappa shape index (κ2) is 5.88. The quantitative estimate of drug-likeness (QED) is 0.760. The lowest BCUT2D eigenvalue weighted by molar-refractivity contribution is 0.464. The number of nitrogens with zero attached hydrogens (tertiary/aromatic N) is 1. The van der Waals surface area contributed by atoms with E-state index in [0.717, 1.165) is 35.4 Å². The molecule has 0 aliphatic carbocycles. The van der Waals surface area contributed by atoms with Crippen LogP contribution in [-0.4, -0.2) is 11.5 Å². The summed E-state index contributed by atoms with van der Waals surface area (Å²) in [7, 11) is 0. The predicted octanol–water partition coefficient (Wildman–Crippen LogP) is 3.92. The van der Waals surface area contributed by atoms with E-state index >= 15 is 0 Å². The highest BCUT2D eigenvalue weighted by molar-refractivity contribution is 5.77. The van der Waals surface area contributed by atoms with E-state index in [1.54, 1.807) is 0 Å². The van der Waals surface area contributed by atoms with E-state index < -0.39 is 0 Å². The first kappa shape index (κ1) is 12.9. The zero-order chi connectivity index (χ0) is 13.8. The molecule has 0 aliphatic rings. The summed E-state index contributed by atoms with van der Waals surface area (Å²) in [4.78, 5) is 4.46. The van der Waals surface area contributed by atoms with Crippen molar-refractivity contribution in [1.82, 2.24) is 10.3 Å². The van der Waals surface area contributed by atoms with Gasteiger partial charge < -0.3 is 9.73 Å². The van der Waals surface area contributed by atoms with E-state index in [4.69, 9.17) is 4.42 Å². The first-order chi connectivity index (χ1) is 9.88. The van der Waals surface area contributed by atoms with Crippen LogP contribution in [-0.2, 0) is 0 Å². The zero-order valence-electron chi connectivity index (χ0n) is 11.5. The fourth-order valence-corrected chi connectivity index (χ4v) is 2.33. The Morgan fingerprint density at radius 2 is 2.00 bits per heavy atom. The second-order valence-electron chi connectivity index (χ2n) is 4.83. The van der Waals surface area contributed by atoms with Gasteiger partial charge in [-0.3, -0.25) is 4.98 Å². The molecule has 102 valence electrons. The Morgan fingerprint density at radius 3 is 2.75 bits per heavy atom. The number of rotatable bonds is 5. The van der Waals surface area contributed by atoms with E-state index in [-0.39, 0.29) is 6.04 Å². The summed E-state index contributed by atoms with van der Waals surface area (Å²) in [5.41, 5.74) is 1.90. The number of hydrogen-bond acceptors (Lipinski definition) is 3. The van der Waals surface area contributed by atoms with Crippen molar-refractivity contribution < 1.29 is 4.42 Å². The molecule has 3 rings (SSSR count). The first-order valence-electron chi connectivity index (χ1n) is 7.01. The van der Waals surface area contributed by atoms with Crippen molar-refractivity contribution in [3.05, 3.63) is 66.2 Å². The van der Waals surface area contributed by atoms with Crippen LogP contribution in [0.3, 0.4) is 0 Å². The Balaban J connectivity index is 2.00. The fourth-order valence-electron chi connectivity index (χ4n) is 2.33. The number of hydrogen-bond donors (Lipinski definition) is 1. The molecule has 2 heterocycles. The van der Waals surface area contributed by atoms with Gasteiger partial charge in [-0.1, -0.05) is 31.2 Å². The molecule has 0 aliphatic heterocycles. The molecule has 0 fully saturated rings. The van der Waals surface area contributed by atoms with E-state index in [1.807, 2.05) is 42.6 Å². The monoisotopic (exact) mass is 266 g/mol. The van der Waals surface area contributed by atoms with E-state index in [1.165, 1.54) is 0 Å². The van der Waals surface area contributed by atoms with Crippen molar-refractivity contribution in [2.24, 2.45) is 0 Å². The van der Waals surface area contributed by atoms with Gasteiger partial charge in [0.05, 0.1) is 5.69 Å². The maximum atomic E-state index is 5.98. The Kier molecular flexibility index (Phi) is 3.79. The minimum Gasteiger partial charge on any atom is -0.459 e. The summed E-state index contributed by atoms with van der Waals surface area (Å²) < 4.78 is 5.98. The Morgan fingerprint density at radius 1 is 1.15 bits per heavy atom. The largest absolute Gasteiger partial charge is 0.459 e. The van der Waals surface area contributed by atoms with Crippen molar-refractivity contribution in [2.45, 2.75) is 19.4 Å². The van der Waals surface area contributed by atoms with Gasteiger partial charge in [-0.25, -0.2) is 0 Å². The van der Waals surface area contributed by atoms with Crippen LogP contribution < -0.4 is 5.32 Å². The van der Waals surface area contributed by atoms with Crippen LogP contribution in [0, 0.1) is 0 Å². The van der Waals surface area contributed by atoms with Crippen molar-refractivity contribution in [1.29, 1.82) is 0 Å². The second-order valence-corrected chi connectivity index (χ2v) is 4.83. The van der Waals surface area contributed by atoms with Crippen LogP contribution in [0.15, 0.2) is 59.1 Å². The van der Waals surface area contributed by atoms with Gasteiger partial charge in [-0.15, -0.1) is 0 Å². The standard InChI is InChI=1S/C17H18N2O/c1-2-10-19-17(14-8-5-6-11-18-14)16-12-13-7-3-4-9-15(13)20-16/h3-9,11-12,17,19H,2,10H2,1H3. The number of pyridine rings is 1. The molecule has 0 amide bonds. The topological polar surface area (TPSA) is 38.1 Å². The van der Waals surface area contributed by atoms with Gasteiger partial charge in [-0.2, -0.15) is 0 Å². The van der Waals surface area contributed by atoms with Crippen LogP contribution >= 0.6 is 0 Å². The smallest absolute Gasteiger partial charge is 0.134 e. The lowest BCUT2D eigenvalue weighted by Crippen LogP contribution is -2.23. The number of nitrogens with one attached hydrogen (secondary N) is 1. The molecule has 0 radical (unpaired) electrons. The highest BCUT2D eigenvalue weighted by atomic mass is 16.3. The summed E-state index contributed by atoms with van der Waals surface area (Å²) in [6.45, 7) is 3.08. The van der Waals surface area contributed by atoms with E-state index in [0.29, 0.717) is 0 Å². The fraction of sp³-hybridized carbons (Fsp3) is 0.235. The third-order valence-corrected chi connectivity index (χ3v) is 3.31. The molecule has 0 spiro atoms. The van der Waals surface area contributed by atoms with Crippen LogP contribution in [0.25, 0.3) is 11.0 Å². The molecule has 3 heteroatoms. The van der Waals surface area contributed by atoms with E-state index in [9.17, 15) is 0 Å². The van der Waals surface area contributed by atoms with Crippen molar-refractivity contribution in [3.8, 4) is 0 Å². The molecule has 1 atom stereocenters.